The van der Waals surface area contributed by atoms with Crippen molar-refractivity contribution in [1.82, 2.24) is 0 Å². The van der Waals surface area contributed by atoms with Crippen LogP contribution >= 0.6 is 11.6 Å². The van der Waals surface area contributed by atoms with E-state index in [2.05, 4.69) is 0 Å². The van der Waals surface area contributed by atoms with Gasteiger partial charge in [0.1, 0.15) is 12.2 Å². The summed E-state index contributed by atoms with van der Waals surface area (Å²) in [5.74, 6) is -3.43. The summed E-state index contributed by atoms with van der Waals surface area (Å²) in [5.41, 5.74) is -0.678. The largest absolute Gasteiger partial charge is 0.460 e. The Morgan fingerprint density at radius 3 is 2.40 bits per heavy atom. The van der Waals surface area contributed by atoms with Crippen molar-refractivity contribution in [3.05, 3.63) is 45.3 Å². The standard InChI is InChI=1S/C19H18ClF3O2/c1-6-10-15(21)14(20)11(17(23)16(10)22)8-25-18(24)13-12(7-9(2)3)19(13,4)5/h1,7,12-13H,8H2,2-5H3. The Hall–Kier alpha value is -1.93. The monoisotopic (exact) mass is 370 g/mol. The van der Waals surface area contributed by atoms with Crippen LogP contribution in [-0.2, 0) is 16.1 Å². The predicted octanol–water partition coefficient (Wildman–Crippen LogP) is 5.02. The number of benzene rings is 1. The molecule has 2 atom stereocenters. The fourth-order valence-corrected chi connectivity index (χ4v) is 3.19. The molecule has 1 aromatic carbocycles. The van der Waals surface area contributed by atoms with Gasteiger partial charge in [0.05, 0.1) is 10.9 Å². The average Bonchev–Trinajstić information content (AvgIpc) is 3.05. The van der Waals surface area contributed by atoms with Gasteiger partial charge in [0.25, 0.3) is 0 Å². The zero-order chi connectivity index (χ0) is 19.1. The number of halogens is 4. The summed E-state index contributed by atoms with van der Waals surface area (Å²) in [6.45, 7) is 7.00. The maximum absolute atomic E-state index is 14.0. The molecule has 2 unspecified atom stereocenters. The van der Waals surface area contributed by atoms with Gasteiger partial charge in [-0.05, 0) is 25.2 Å². The quantitative estimate of drug-likeness (QED) is 0.322. The Kier molecular flexibility index (Phi) is 5.24. The molecule has 6 heteroatoms. The lowest BCUT2D eigenvalue weighted by Gasteiger charge is -2.11. The Morgan fingerprint density at radius 2 is 1.88 bits per heavy atom. The van der Waals surface area contributed by atoms with Gasteiger partial charge in [-0.25, -0.2) is 13.2 Å². The van der Waals surface area contributed by atoms with Gasteiger partial charge in [-0.2, -0.15) is 0 Å². The van der Waals surface area contributed by atoms with Crippen molar-refractivity contribution in [1.29, 1.82) is 0 Å². The molecule has 2 nitrogen and oxygen atoms in total. The van der Waals surface area contributed by atoms with Crippen LogP contribution in [0.3, 0.4) is 0 Å². The summed E-state index contributed by atoms with van der Waals surface area (Å²) < 4.78 is 46.8. The molecule has 1 aliphatic rings. The second kappa shape index (κ2) is 6.76. The summed E-state index contributed by atoms with van der Waals surface area (Å²) in [4.78, 5) is 12.3. The van der Waals surface area contributed by atoms with Gasteiger partial charge in [-0.1, -0.05) is 43.0 Å². The van der Waals surface area contributed by atoms with Crippen LogP contribution in [0.2, 0.25) is 5.02 Å². The highest BCUT2D eigenvalue weighted by atomic mass is 35.5. The average molecular weight is 371 g/mol. The number of carbonyl (C=O) groups is 1. The molecule has 0 radical (unpaired) electrons. The first-order chi connectivity index (χ1) is 11.5. The molecular weight excluding hydrogens is 353 g/mol. The van der Waals surface area contributed by atoms with Crippen LogP contribution in [-0.4, -0.2) is 5.97 Å². The minimum Gasteiger partial charge on any atom is -0.460 e. The summed E-state index contributed by atoms with van der Waals surface area (Å²) >= 11 is 5.71. The van der Waals surface area contributed by atoms with Gasteiger partial charge >= 0.3 is 5.97 Å². The first-order valence-corrected chi connectivity index (χ1v) is 8.04. The van der Waals surface area contributed by atoms with Gasteiger partial charge in [-0.3, -0.25) is 4.79 Å². The molecule has 0 bridgehead atoms. The number of terminal acetylenes is 1. The highest BCUT2D eigenvalue weighted by Gasteiger charge is 2.61. The molecule has 1 fully saturated rings. The lowest BCUT2D eigenvalue weighted by Crippen LogP contribution is -2.13. The van der Waals surface area contributed by atoms with Crippen LogP contribution in [0, 0.1) is 47.0 Å². The molecule has 1 saturated carbocycles. The zero-order valence-electron chi connectivity index (χ0n) is 14.3. The molecule has 0 aromatic heterocycles. The first kappa shape index (κ1) is 19.4. The molecule has 1 aliphatic carbocycles. The van der Waals surface area contributed by atoms with E-state index in [0.717, 1.165) is 5.57 Å². The number of esters is 1. The highest BCUT2D eigenvalue weighted by Crippen LogP contribution is 2.59. The lowest BCUT2D eigenvalue weighted by molar-refractivity contribution is -0.147. The molecule has 0 amide bonds. The Balaban J connectivity index is 2.20. The van der Waals surface area contributed by atoms with Crippen molar-refractivity contribution in [3.8, 4) is 12.3 Å². The maximum atomic E-state index is 14.0. The fraction of sp³-hybridized carbons (Fsp3) is 0.421. The number of allylic oxidation sites excluding steroid dienone is 2. The van der Waals surface area contributed by atoms with Crippen LogP contribution in [0.15, 0.2) is 11.6 Å². The van der Waals surface area contributed by atoms with Crippen molar-refractivity contribution in [3.63, 3.8) is 0 Å². The zero-order valence-corrected chi connectivity index (χ0v) is 15.1. The van der Waals surface area contributed by atoms with Gasteiger partial charge < -0.3 is 4.74 Å². The van der Waals surface area contributed by atoms with E-state index in [0.29, 0.717) is 0 Å². The molecule has 25 heavy (non-hydrogen) atoms. The molecule has 0 heterocycles. The summed E-state index contributed by atoms with van der Waals surface area (Å²) in [5, 5.41) is -0.685. The summed E-state index contributed by atoms with van der Waals surface area (Å²) in [6.07, 6.45) is 6.92. The third-order valence-electron chi connectivity index (χ3n) is 4.53. The summed E-state index contributed by atoms with van der Waals surface area (Å²) in [7, 11) is 0. The molecule has 134 valence electrons. The minimum absolute atomic E-state index is 0.00241. The molecule has 2 rings (SSSR count). The number of ether oxygens (including phenoxy) is 1. The Morgan fingerprint density at radius 1 is 1.28 bits per heavy atom. The van der Waals surface area contributed by atoms with E-state index in [-0.39, 0.29) is 11.3 Å². The van der Waals surface area contributed by atoms with Gasteiger partial charge in [0.15, 0.2) is 17.5 Å². The van der Waals surface area contributed by atoms with Crippen LogP contribution < -0.4 is 0 Å². The smallest absolute Gasteiger partial charge is 0.310 e. The van der Waals surface area contributed by atoms with E-state index in [1.165, 1.54) is 0 Å². The number of rotatable bonds is 4. The Labute approximate surface area is 150 Å². The number of hydrogen-bond donors (Lipinski definition) is 0. The lowest BCUT2D eigenvalue weighted by atomic mass is 10.1. The SMILES string of the molecule is C#Cc1c(F)c(F)c(COC(=O)C2C(C=C(C)C)C2(C)C)c(Cl)c1F. The molecule has 0 N–H and O–H groups in total. The molecule has 1 aromatic rings. The van der Waals surface area contributed by atoms with Crippen molar-refractivity contribution >= 4 is 17.6 Å². The van der Waals surface area contributed by atoms with E-state index >= 15 is 0 Å². The first-order valence-electron chi connectivity index (χ1n) is 7.67. The fourth-order valence-electron chi connectivity index (χ4n) is 2.96. The van der Waals surface area contributed by atoms with Gasteiger partial charge in [0.2, 0.25) is 0 Å². The van der Waals surface area contributed by atoms with E-state index < -0.39 is 52.1 Å². The summed E-state index contributed by atoms with van der Waals surface area (Å²) in [6, 6.07) is 0. The molecule has 0 saturated heterocycles. The third-order valence-corrected chi connectivity index (χ3v) is 4.93. The van der Waals surface area contributed by atoms with Crippen LogP contribution in [0.1, 0.15) is 38.8 Å². The van der Waals surface area contributed by atoms with Gasteiger partial charge in [0, 0.05) is 5.56 Å². The van der Waals surface area contributed by atoms with Crippen molar-refractivity contribution in [2.24, 2.45) is 17.3 Å². The second-order valence-corrected chi connectivity index (χ2v) is 7.31. The highest BCUT2D eigenvalue weighted by molar-refractivity contribution is 6.31. The van der Waals surface area contributed by atoms with Crippen molar-refractivity contribution in [2.45, 2.75) is 34.3 Å². The number of hydrogen-bond acceptors (Lipinski definition) is 2. The molecule has 0 aliphatic heterocycles. The van der Waals surface area contributed by atoms with Crippen LogP contribution in [0.4, 0.5) is 13.2 Å². The predicted molar refractivity (Wildman–Crippen MR) is 89.2 cm³/mol. The Bertz CT molecular complexity index is 773. The number of carbonyl (C=O) groups excluding carboxylic acids is 1. The molecular formula is C19H18ClF3O2. The van der Waals surface area contributed by atoms with Crippen molar-refractivity contribution in [2.75, 3.05) is 0 Å². The third kappa shape index (κ3) is 3.41. The molecule has 0 spiro atoms. The second-order valence-electron chi connectivity index (χ2n) is 6.93. The minimum atomic E-state index is -1.52. The van der Waals surface area contributed by atoms with E-state index in [9.17, 15) is 18.0 Å². The normalized spacial score (nSPS) is 20.6. The van der Waals surface area contributed by atoms with E-state index in [1.807, 2.05) is 33.8 Å². The van der Waals surface area contributed by atoms with E-state index in [4.69, 9.17) is 22.8 Å². The van der Waals surface area contributed by atoms with Crippen LogP contribution in [0.5, 0.6) is 0 Å². The van der Waals surface area contributed by atoms with E-state index in [1.54, 1.807) is 5.92 Å². The van der Waals surface area contributed by atoms with Crippen LogP contribution in [0.25, 0.3) is 0 Å². The maximum Gasteiger partial charge on any atom is 0.310 e. The van der Waals surface area contributed by atoms with Crippen molar-refractivity contribution < 1.29 is 22.7 Å². The topological polar surface area (TPSA) is 26.3 Å². The van der Waals surface area contributed by atoms with Gasteiger partial charge in [-0.15, -0.1) is 6.42 Å².